The summed E-state index contributed by atoms with van der Waals surface area (Å²) in [7, 11) is 0. The van der Waals surface area contributed by atoms with Gasteiger partial charge in [0.1, 0.15) is 5.82 Å². The normalized spacial score (nSPS) is 10.7. The van der Waals surface area contributed by atoms with Crippen molar-refractivity contribution in [2.45, 2.75) is 32.7 Å². The van der Waals surface area contributed by atoms with Gasteiger partial charge in [-0.2, -0.15) is 0 Å². The topological polar surface area (TPSA) is 40.7 Å². The number of imidazole rings is 1. The molecule has 1 aromatic carbocycles. The van der Waals surface area contributed by atoms with Crippen molar-refractivity contribution in [3.63, 3.8) is 0 Å². The van der Waals surface area contributed by atoms with Gasteiger partial charge in [-0.3, -0.25) is 0 Å². The third-order valence-electron chi connectivity index (χ3n) is 2.95. The van der Waals surface area contributed by atoms with Crippen LogP contribution in [0.1, 0.15) is 29.9 Å². The molecule has 2 rings (SSSR count). The Morgan fingerprint density at radius 3 is 2.72 bits per heavy atom. The number of aromatic nitrogens is 2. The Morgan fingerprint density at radius 2 is 2.00 bits per heavy atom. The van der Waals surface area contributed by atoms with E-state index in [1.807, 2.05) is 13.1 Å². The first-order valence-electron chi connectivity index (χ1n) is 6.60. The maximum atomic E-state index is 4.40. The van der Waals surface area contributed by atoms with Crippen LogP contribution in [0.5, 0.6) is 0 Å². The highest BCUT2D eigenvalue weighted by atomic mass is 14.9. The summed E-state index contributed by atoms with van der Waals surface area (Å²) in [5.74, 6) is 1.11. The summed E-state index contributed by atoms with van der Waals surface area (Å²) in [6.45, 7) is 4.04. The number of aromatic amines is 1. The fourth-order valence-corrected chi connectivity index (χ4v) is 1.96. The lowest BCUT2D eigenvalue weighted by atomic mass is 10.2. The van der Waals surface area contributed by atoms with Crippen molar-refractivity contribution in [2.24, 2.45) is 0 Å². The number of unbranched alkanes of at least 4 members (excludes halogenated alkanes) is 1. The van der Waals surface area contributed by atoms with Crippen LogP contribution in [0.4, 0.5) is 0 Å². The van der Waals surface area contributed by atoms with E-state index >= 15 is 0 Å². The number of nitrogens with zero attached hydrogens (tertiary/aromatic N) is 1. The molecule has 0 saturated heterocycles. The molecule has 0 amide bonds. The van der Waals surface area contributed by atoms with Gasteiger partial charge in [0, 0.05) is 19.2 Å². The highest BCUT2D eigenvalue weighted by Gasteiger charge is 1.97. The summed E-state index contributed by atoms with van der Waals surface area (Å²) in [6.07, 6.45) is 5.37. The molecule has 0 aliphatic heterocycles. The van der Waals surface area contributed by atoms with E-state index < -0.39 is 0 Å². The van der Waals surface area contributed by atoms with Gasteiger partial charge in [0.25, 0.3) is 0 Å². The van der Waals surface area contributed by atoms with E-state index in [1.165, 1.54) is 18.4 Å². The monoisotopic (exact) mass is 243 g/mol. The summed E-state index contributed by atoms with van der Waals surface area (Å²) in [5, 5.41) is 3.46. The minimum Gasteiger partial charge on any atom is -0.348 e. The van der Waals surface area contributed by atoms with Crippen LogP contribution in [0.3, 0.4) is 0 Å². The molecule has 0 saturated carbocycles. The average molecular weight is 243 g/mol. The van der Waals surface area contributed by atoms with Crippen molar-refractivity contribution in [1.82, 2.24) is 15.3 Å². The molecule has 2 N–H and O–H groups in total. The number of H-pyrrole nitrogens is 1. The predicted molar refractivity (Wildman–Crippen MR) is 74.4 cm³/mol. The maximum absolute atomic E-state index is 4.40. The lowest BCUT2D eigenvalue weighted by Crippen LogP contribution is -2.14. The van der Waals surface area contributed by atoms with Crippen LogP contribution in [0, 0.1) is 6.92 Å². The van der Waals surface area contributed by atoms with E-state index in [2.05, 4.69) is 45.6 Å². The lowest BCUT2D eigenvalue weighted by molar-refractivity contribution is 0.616. The van der Waals surface area contributed by atoms with Crippen molar-refractivity contribution in [2.75, 3.05) is 6.54 Å². The van der Waals surface area contributed by atoms with E-state index in [4.69, 9.17) is 0 Å². The first-order chi connectivity index (χ1) is 8.84. The number of hydrogen-bond acceptors (Lipinski definition) is 2. The van der Waals surface area contributed by atoms with Crippen LogP contribution >= 0.6 is 0 Å². The molecule has 0 fully saturated rings. The van der Waals surface area contributed by atoms with Crippen LogP contribution < -0.4 is 5.32 Å². The largest absolute Gasteiger partial charge is 0.348 e. The van der Waals surface area contributed by atoms with Gasteiger partial charge in [-0.1, -0.05) is 30.3 Å². The van der Waals surface area contributed by atoms with Gasteiger partial charge in [-0.25, -0.2) is 4.98 Å². The standard InChI is InChI=1S/C15H21N3/c1-13-11-17-15(18-13)9-5-6-10-16-12-14-7-3-2-4-8-14/h2-4,7-8,11,16H,5-6,9-10,12H2,1H3,(H,17,18). The molecular formula is C15H21N3. The Bertz CT molecular complexity index is 448. The Balaban J connectivity index is 1.54. The minimum atomic E-state index is 0.959. The highest BCUT2D eigenvalue weighted by Crippen LogP contribution is 2.01. The number of hydrogen-bond donors (Lipinski definition) is 2. The molecule has 0 unspecified atom stereocenters. The minimum absolute atomic E-state index is 0.959. The molecule has 0 bridgehead atoms. The zero-order valence-corrected chi connectivity index (χ0v) is 10.9. The van der Waals surface area contributed by atoms with E-state index in [1.54, 1.807) is 0 Å². The molecule has 2 aromatic rings. The van der Waals surface area contributed by atoms with Crippen molar-refractivity contribution in [1.29, 1.82) is 0 Å². The first kappa shape index (κ1) is 12.8. The average Bonchev–Trinajstić information content (AvgIpc) is 2.81. The summed E-state index contributed by atoms with van der Waals surface area (Å²) in [6, 6.07) is 10.5. The van der Waals surface area contributed by atoms with Gasteiger partial charge >= 0.3 is 0 Å². The highest BCUT2D eigenvalue weighted by molar-refractivity contribution is 5.14. The molecule has 0 radical (unpaired) electrons. The quantitative estimate of drug-likeness (QED) is 0.734. The van der Waals surface area contributed by atoms with Crippen molar-refractivity contribution in [3.8, 4) is 0 Å². The van der Waals surface area contributed by atoms with E-state index in [0.29, 0.717) is 0 Å². The second kappa shape index (κ2) is 6.97. The lowest BCUT2D eigenvalue weighted by Gasteiger charge is -2.04. The molecule has 0 atom stereocenters. The Hall–Kier alpha value is -1.61. The molecule has 3 heteroatoms. The van der Waals surface area contributed by atoms with Crippen LogP contribution in [-0.4, -0.2) is 16.5 Å². The Labute approximate surface area is 109 Å². The van der Waals surface area contributed by atoms with Crippen molar-refractivity contribution >= 4 is 0 Å². The van der Waals surface area contributed by atoms with Gasteiger partial charge in [0.15, 0.2) is 0 Å². The fraction of sp³-hybridized carbons (Fsp3) is 0.400. The molecular weight excluding hydrogens is 222 g/mol. The number of rotatable bonds is 7. The molecule has 0 aliphatic carbocycles. The zero-order valence-electron chi connectivity index (χ0n) is 10.9. The third-order valence-corrected chi connectivity index (χ3v) is 2.95. The number of aryl methyl sites for hydroxylation is 2. The summed E-state index contributed by atoms with van der Waals surface area (Å²) in [5.41, 5.74) is 2.42. The second-order valence-electron chi connectivity index (χ2n) is 4.61. The van der Waals surface area contributed by atoms with Crippen LogP contribution in [0.2, 0.25) is 0 Å². The van der Waals surface area contributed by atoms with Gasteiger partial charge in [-0.15, -0.1) is 0 Å². The van der Waals surface area contributed by atoms with E-state index in [9.17, 15) is 0 Å². The zero-order chi connectivity index (χ0) is 12.6. The smallest absolute Gasteiger partial charge is 0.106 e. The van der Waals surface area contributed by atoms with Gasteiger partial charge in [-0.05, 0) is 31.9 Å². The summed E-state index contributed by atoms with van der Waals surface area (Å²) < 4.78 is 0. The van der Waals surface area contributed by atoms with Crippen molar-refractivity contribution < 1.29 is 0 Å². The summed E-state index contributed by atoms with van der Waals surface area (Å²) in [4.78, 5) is 7.59. The van der Waals surface area contributed by atoms with Gasteiger partial charge in [0.05, 0.1) is 5.69 Å². The van der Waals surface area contributed by atoms with Crippen LogP contribution in [0.25, 0.3) is 0 Å². The molecule has 3 nitrogen and oxygen atoms in total. The van der Waals surface area contributed by atoms with E-state index in [-0.39, 0.29) is 0 Å². The Kier molecular flexibility index (Phi) is 4.97. The van der Waals surface area contributed by atoms with Gasteiger partial charge < -0.3 is 10.3 Å². The predicted octanol–water partition coefficient (Wildman–Crippen LogP) is 2.83. The van der Waals surface area contributed by atoms with Gasteiger partial charge in [0.2, 0.25) is 0 Å². The Morgan fingerprint density at radius 1 is 1.17 bits per heavy atom. The summed E-state index contributed by atoms with van der Waals surface area (Å²) >= 11 is 0. The third kappa shape index (κ3) is 4.34. The van der Waals surface area contributed by atoms with E-state index in [0.717, 1.165) is 31.0 Å². The fourth-order valence-electron chi connectivity index (χ4n) is 1.96. The van der Waals surface area contributed by atoms with Crippen LogP contribution in [0.15, 0.2) is 36.5 Å². The molecule has 1 heterocycles. The molecule has 0 spiro atoms. The maximum Gasteiger partial charge on any atom is 0.106 e. The molecule has 96 valence electrons. The molecule has 18 heavy (non-hydrogen) atoms. The first-order valence-corrected chi connectivity index (χ1v) is 6.60. The molecule has 1 aromatic heterocycles. The van der Waals surface area contributed by atoms with Crippen molar-refractivity contribution in [3.05, 3.63) is 53.6 Å². The SMILES string of the molecule is Cc1c[nH]c(CCCCNCc2ccccc2)n1. The number of benzene rings is 1. The number of nitrogens with one attached hydrogen (secondary N) is 2. The van der Waals surface area contributed by atoms with Crippen LogP contribution in [-0.2, 0) is 13.0 Å². The molecule has 0 aliphatic rings. The second-order valence-corrected chi connectivity index (χ2v) is 4.61.